The van der Waals surface area contributed by atoms with E-state index < -0.39 is 0 Å². The molecule has 13 nitrogen and oxygen atoms in total. The largest absolute Gasteiger partial charge is 4.00 e. The topological polar surface area (TPSA) is 253 Å². The monoisotopic (exact) mass is 1170 g/mol. The molecule has 0 saturated carbocycles. The summed E-state index contributed by atoms with van der Waals surface area (Å²) in [5.41, 5.74) is 16.7. The van der Waals surface area contributed by atoms with E-state index in [0.717, 1.165) is 48.4 Å². The summed E-state index contributed by atoms with van der Waals surface area (Å²) in [6, 6.07) is 36.2. The van der Waals surface area contributed by atoms with Crippen LogP contribution in [0.1, 0.15) is 51.7 Å². The third-order valence-electron chi connectivity index (χ3n) is 7.03. The van der Waals surface area contributed by atoms with Crippen LogP contribution < -0.4 is 119 Å². The van der Waals surface area contributed by atoms with E-state index in [2.05, 4.69) is 111 Å². The molecular formula is C50H51ClFeK3N11O2PS3. The van der Waals surface area contributed by atoms with Crippen molar-refractivity contribution in [2.24, 2.45) is 0 Å². The van der Waals surface area contributed by atoms with Crippen LogP contribution in [0.3, 0.4) is 0 Å². The van der Waals surface area contributed by atoms with E-state index >= 15 is 0 Å². The van der Waals surface area contributed by atoms with Crippen molar-refractivity contribution in [3.8, 4) is 0 Å². The second-order valence-electron chi connectivity index (χ2n) is 12.7. The number of nitrogens with one attached hydrogen (secondary N) is 2. The molecule has 7 aromatic rings. The van der Waals surface area contributed by atoms with Gasteiger partial charge in [0.25, 0.3) is 0 Å². The van der Waals surface area contributed by atoms with Crippen molar-refractivity contribution in [2.75, 3.05) is 16.4 Å². The molecule has 0 aliphatic heterocycles. The number of fused-ring (bicyclic) bond motifs is 2. The molecule has 0 spiro atoms. The first-order valence-electron chi connectivity index (χ1n) is 18.9. The summed E-state index contributed by atoms with van der Waals surface area (Å²) in [5.74, 6) is -0.0319. The number of aryl methyl sites for hydroxylation is 7. The van der Waals surface area contributed by atoms with Gasteiger partial charge in [-0.1, -0.05) is 76.1 Å². The predicted octanol–water partition coefficient (Wildman–Crippen LogP) is 6.90. The summed E-state index contributed by atoms with van der Waals surface area (Å²) < 4.78 is 3.33. The standard InChI is InChI=1S/C9H11NO.2C9H9NS.C8H10NPS.C7H9N.C2H3ClO.6CN.Fe.3K/c1-7-4-3-5-9(6-7)10-8(2)11;1-6-3-4-9-8(5-6)10-7(2)11-9;1-6-4-3-5-8-9(6)11-7(2)10-8;1-6-3-2-4-7(5-6)9-8(10)11;1-6-3-2-4-7(8)5-6;1-2(3)4;6*1-2;;;;/h3-6H,1-2H3,(H,10,11);2*3-5H,1-2H3;2-5H,10H2,1H3,(H,9,11);2-5H,8H2,1H3;1H3;;;;;;;;;;/q;;;;;;6*-1;+4;;2*+1. The number of thiocarbonyl (C=S) groups is 1. The summed E-state index contributed by atoms with van der Waals surface area (Å²) in [5, 5.41) is 45.2. The van der Waals surface area contributed by atoms with Crippen molar-refractivity contribution in [3.63, 3.8) is 0 Å². The van der Waals surface area contributed by atoms with Crippen LogP contribution in [0, 0.1) is 119 Å². The predicted molar refractivity (Wildman–Crippen MR) is 288 cm³/mol. The van der Waals surface area contributed by atoms with Crippen LogP contribution in [0.5, 0.6) is 0 Å². The molecule has 22 heteroatoms. The van der Waals surface area contributed by atoms with Crippen LogP contribution in [0.25, 0.3) is 20.4 Å². The Morgan fingerprint density at radius 3 is 1.33 bits per heavy atom. The Labute approximate surface area is 586 Å². The van der Waals surface area contributed by atoms with Crippen LogP contribution in [0.15, 0.2) is 109 Å². The van der Waals surface area contributed by atoms with Crippen LogP contribution in [-0.4, -0.2) is 77.2 Å². The van der Waals surface area contributed by atoms with Gasteiger partial charge in [0.1, 0.15) is 0 Å². The zero-order valence-corrected chi connectivity index (χ0v) is 57.2. The van der Waals surface area contributed by atoms with Crippen molar-refractivity contribution in [2.45, 2.75) is 62.3 Å². The second kappa shape index (κ2) is 59.7. The minimum absolute atomic E-state index is 0. The average molecular weight is 1170 g/mol. The molecule has 2 heterocycles. The minimum atomic E-state index is -0.361. The van der Waals surface area contributed by atoms with Gasteiger partial charge in [0.2, 0.25) is 11.1 Å². The molecular weight excluding hydrogens is 1120 g/mol. The van der Waals surface area contributed by atoms with Gasteiger partial charge in [-0.15, -0.1) is 22.7 Å². The normalized spacial score (nSPS) is 7.65. The van der Waals surface area contributed by atoms with Crippen LogP contribution in [0.2, 0.25) is 0 Å². The van der Waals surface area contributed by atoms with Crippen molar-refractivity contribution >= 4 is 160 Å². The number of rotatable bonds is 2. The maximum Gasteiger partial charge on any atom is 4.00 e. The molecule has 4 N–H and O–H groups in total. The Kier molecular flexibility index (Phi) is 74.1. The first-order chi connectivity index (χ1) is 32.4. The van der Waals surface area contributed by atoms with E-state index in [1.165, 1.54) is 45.5 Å². The number of benzene rings is 5. The van der Waals surface area contributed by atoms with E-state index in [9.17, 15) is 9.59 Å². The van der Waals surface area contributed by atoms with E-state index in [1.54, 1.807) is 22.7 Å². The van der Waals surface area contributed by atoms with Gasteiger partial charge < -0.3 is 87.4 Å². The fraction of sp³-hybridized carbons (Fsp3) is 0.180. The van der Waals surface area contributed by atoms with E-state index in [1.807, 2.05) is 88.4 Å². The molecule has 0 bridgehead atoms. The van der Waals surface area contributed by atoms with Gasteiger partial charge >= 0.3 is 120 Å². The number of aromatic nitrogens is 2. The number of nitrogen functional groups attached to an aromatic ring is 1. The Morgan fingerprint density at radius 1 is 0.583 bits per heavy atom. The van der Waals surface area contributed by atoms with Crippen LogP contribution >= 0.6 is 55.7 Å². The van der Waals surface area contributed by atoms with Gasteiger partial charge in [0.15, 0.2) is 0 Å². The SMILES string of the molecule is CC(=O)Cl.CC(=O)Nc1cccc(C)c1.Cc1ccc2sc(C)nc2c1.Cc1cccc(N)c1.Cc1cccc(NC(P)=S)c1.Cc1nc2cccc(C)c2s1.[C-]#N.[C-]#N.[C-]#N.[C-]#N.[C-]#N.[C-]#N.[Fe+4].[K+].[K+].[K]. The number of carbonyl (C=O) groups is 2. The van der Waals surface area contributed by atoms with Crippen LogP contribution in [-0.2, 0) is 26.7 Å². The molecule has 7 rings (SSSR count). The fourth-order valence-corrected chi connectivity index (χ4v) is 6.79. The van der Waals surface area contributed by atoms with Gasteiger partial charge in [-0.25, -0.2) is 9.97 Å². The third-order valence-corrected chi connectivity index (χ3v) is 9.36. The maximum absolute atomic E-state index is 10.6. The molecule has 1 unspecified atom stereocenters. The zero-order chi connectivity index (χ0) is 53.8. The van der Waals surface area contributed by atoms with Gasteiger partial charge in [-0.2, -0.15) is 0 Å². The fourth-order valence-electron chi connectivity index (χ4n) is 4.81. The maximum atomic E-state index is 10.6. The summed E-state index contributed by atoms with van der Waals surface area (Å²) in [6.07, 6.45) is 0. The number of nitrogens with two attached hydrogens (primary N) is 1. The summed E-state index contributed by atoms with van der Waals surface area (Å²) in [7, 11) is 2.44. The van der Waals surface area contributed by atoms with E-state index in [4.69, 9.17) is 89.0 Å². The van der Waals surface area contributed by atoms with Gasteiger partial charge in [0.05, 0.1) is 35.2 Å². The molecule has 5 aromatic carbocycles. The number of hydrogen-bond acceptors (Lipinski definition) is 14. The number of hydrogen-bond donors (Lipinski definition) is 3. The Hall–Kier alpha value is -2.20. The average Bonchev–Trinajstić information content (AvgIpc) is 3.89. The van der Waals surface area contributed by atoms with Crippen molar-refractivity contribution in [1.82, 2.24) is 9.97 Å². The van der Waals surface area contributed by atoms with Gasteiger partial charge in [-0.05, 0) is 142 Å². The number of anilines is 3. The number of nitrogens with zero attached hydrogens (tertiary/aromatic N) is 8. The van der Waals surface area contributed by atoms with E-state index in [-0.39, 0.29) is 182 Å². The minimum Gasteiger partial charge on any atom is -0.512 e. The number of amides is 1. The van der Waals surface area contributed by atoms with Crippen molar-refractivity contribution in [1.29, 1.82) is 31.6 Å². The number of thiazole rings is 2. The summed E-state index contributed by atoms with van der Waals surface area (Å²) in [4.78, 5) is 28.6. The molecule has 1 radical (unpaired) electrons. The van der Waals surface area contributed by atoms with E-state index in [0.29, 0.717) is 0 Å². The first-order valence-corrected chi connectivity index (χ1v) is 21.9. The third kappa shape index (κ3) is 48.7. The summed E-state index contributed by atoms with van der Waals surface area (Å²) in [6.45, 7) is 45.7. The smallest absolute Gasteiger partial charge is 0.512 e. The van der Waals surface area contributed by atoms with Gasteiger partial charge in [-0.3, -0.25) is 9.59 Å². The van der Waals surface area contributed by atoms with Gasteiger partial charge in [0, 0.05) is 82.3 Å². The number of halogens is 1. The Morgan fingerprint density at radius 2 is 0.958 bits per heavy atom. The van der Waals surface area contributed by atoms with Crippen molar-refractivity contribution in [3.05, 3.63) is 186 Å². The molecule has 2 aromatic heterocycles. The quantitative estimate of drug-likeness (QED) is 0.0398. The second-order valence-corrected chi connectivity index (χ2v) is 17.1. The molecule has 1 atom stereocenters. The zero-order valence-electron chi connectivity index (χ0n) is 42.4. The molecule has 0 aliphatic rings. The first kappa shape index (κ1) is 89.4. The summed E-state index contributed by atoms with van der Waals surface area (Å²) >= 11 is 13.0. The van der Waals surface area contributed by atoms with Crippen LogP contribution in [0.4, 0.5) is 17.1 Å². The molecule has 1 amide bonds. The number of carbonyl (C=O) groups excluding carboxylic acids is 2. The molecule has 0 fully saturated rings. The molecule has 359 valence electrons. The van der Waals surface area contributed by atoms with Crippen molar-refractivity contribution < 1.29 is 129 Å². The Balaban J connectivity index is -0.0000000908. The molecule has 72 heavy (non-hydrogen) atoms. The Bertz CT molecular complexity index is 2550. The molecule has 0 saturated heterocycles. The molecule has 0 aliphatic carbocycles.